The number of fused-ring (bicyclic) bond motifs is 1. The number of rotatable bonds is 10. The Bertz CT molecular complexity index is 1820. The van der Waals surface area contributed by atoms with Crippen LogP contribution in [0.25, 0.3) is 6.08 Å². The molecule has 0 radical (unpaired) electrons. The van der Waals surface area contributed by atoms with Crippen molar-refractivity contribution >= 4 is 35.0 Å². The Morgan fingerprint density at radius 3 is 2.52 bits per heavy atom. The summed E-state index contributed by atoms with van der Waals surface area (Å²) in [6.45, 7) is 8.10. The highest BCUT2D eigenvalue weighted by molar-refractivity contribution is 7.07. The van der Waals surface area contributed by atoms with E-state index in [9.17, 15) is 9.59 Å². The van der Waals surface area contributed by atoms with Gasteiger partial charge >= 0.3 is 5.97 Å². The summed E-state index contributed by atoms with van der Waals surface area (Å²) in [6.07, 6.45) is 3.46. The van der Waals surface area contributed by atoms with Crippen LogP contribution in [0.2, 0.25) is 5.02 Å². The molecule has 7 nitrogen and oxygen atoms in total. The number of allylic oxidation sites excluding steroid dienone is 1. The zero-order chi connectivity index (χ0) is 29.6. The van der Waals surface area contributed by atoms with Crippen molar-refractivity contribution in [2.24, 2.45) is 4.99 Å². The summed E-state index contributed by atoms with van der Waals surface area (Å²) in [4.78, 5) is 32.3. The van der Waals surface area contributed by atoms with Crippen molar-refractivity contribution < 1.29 is 19.0 Å². The number of para-hydroxylation sites is 1. The lowest BCUT2D eigenvalue weighted by molar-refractivity contribution is -0.139. The first-order chi connectivity index (χ1) is 20.4. The molecule has 0 amide bonds. The summed E-state index contributed by atoms with van der Waals surface area (Å²) in [5.41, 5.74) is 3.01. The summed E-state index contributed by atoms with van der Waals surface area (Å²) in [5, 5.41) is 0.658. The van der Waals surface area contributed by atoms with Gasteiger partial charge in [-0.1, -0.05) is 78.1 Å². The van der Waals surface area contributed by atoms with Gasteiger partial charge in [-0.25, -0.2) is 9.79 Å². The minimum absolute atomic E-state index is 0.202. The summed E-state index contributed by atoms with van der Waals surface area (Å²) < 4.78 is 19.2. The van der Waals surface area contributed by atoms with Crippen LogP contribution in [-0.2, 0) is 16.1 Å². The van der Waals surface area contributed by atoms with E-state index in [2.05, 4.69) is 11.6 Å². The smallest absolute Gasteiger partial charge is 0.338 e. The highest BCUT2D eigenvalue weighted by Gasteiger charge is 2.33. The van der Waals surface area contributed by atoms with Gasteiger partial charge in [0.05, 0.1) is 28.5 Å². The molecule has 0 aliphatic carbocycles. The molecule has 0 unspecified atom stereocenters. The zero-order valence-electron chi connectivity index (χ0n) is 23.2. The van der Waals surface area contributed by atoms with Gasteiger partial charge in [-0.2, -0.15) is 0 Å². The third-order valence-electron chi connectivity index (χ3n) is 6.59. The summed E-state index contributed by atoms with van der Waals surface area (Å²) in [6, 6.07) is 21.6. The van der Waals surface area contributed by atoms with E-state index < -0.39 is 12.0 Å². The van der Waals surface area contributed by atoms with Gasteiger partial charge in [0.25, 0.3) is 5.56 Å². The van der Waals surface area contributed by atoms with Crippen LogP contribution < -0.4 is 24.4 Å². The molecule has 0 saturated heterocycles. The van der Waals surface area contributed by atoms with E-state index in [4.69, 9.17) is 25.8 Å². The van der Waals surface area contributed by atoms with E-state index >= 15 is 0 Å². The van der Waals surface area contributed by atoms with Crippen molar-refractivity contribution in [3.05, 3.63) is 138 Å². The average molecular weight is 601 g/mol. The van der Waals surface area contributed by atoms with Crippen molar-refractivity contribution in [2.75, 3.05) is 13.2 Å². The summed E-state index contributed by atoms with van der Waals surface area (Å²) in [5.74, 6) is 0.777. The SMILES string of the molecule is C=CCOc1ccc([C@H]2C(C(=O)OCC)=C(C)N=c3s/c(=C/c4ccccc4OCc4ccc(Cl)cc4)c(=O)n32)cc1. The molecule has 4 aromatic rings. The van der Waals surface area contributed by atoms with Gasteiger partial charge in [0.15, 0.2) is 4.80 Å². The van der Waals surface area contributed by atoms with Crippen LogP contribution in [0.5, 0.6) is 11.5 Å². The van der Waals surface area contributed by atoms with Gasteiger partial charge in [0.1, 0.15) is 24.7 Å². The number of esters is 1. The molecule has 1 aliphatic rings. The normalized spacial score (nSPS) is 14.6. The summed E-state index contributed by atoms with van der Waals surface area (Å²) >= 11 is 7.27. The third-order valence-corrected chi connectivity index (χ3v) is 7.83. The number of carbonyl (C=O) groups is 1. The van der Waals surface area contributed by atoms with Crippen molar-refractivity contribution in [3.63, 3.8) is 0 Å². The van der Waals surface area contributed by atoms with Crippen molar-refractivity contribution in [2.45, 2.75) is 26.5 Å². The Balaban J connectivity index is 1.57. The van der Waals surface area contributed by atoms with Gasteiger partial charge < -0.3 is 14.2 Å². The van der Waals surface area contributed by atoms with Crippen molar-refractivity contribution in [1.29, 1.82) is 0 Å². The highest BCUT2D eigenvalue weighted by Crippen LogP contribution is 2.32. The predicted octanol–water partition coefficient (Wildman–Crippen LogP) is 5.60. The van der Waals surface area contributed by atoms with Gasteiger partial charge in [-0.05, 0) is 61.4 Å². The van der Waals surface area contributed by atoms with Crippen LogP contribution >= 0.6 is 22.9 Å². The van der Waals surface area contributed by atoms with E-state index in [0.29, 0.717) is 50.3 Å². The molecule has 0 saturated carbocycles. The van der Waals surface area contributed by atoms with E-state index in [1.165, 1.54) is 11.3 Å². The molecule has 1 aliphatic heterocycles. The second-order valence-corrected chi connectivity index (χ2v) is 10.9. The molecule has 5 rings (SSSR count). The Morgan fingerprint density at radius 1 is 1.07 bits per heavy atom. The molecular weight excluding hydrogens is 572 g/mol. The number of nitrogens with zero attached hydrogens (tertiary/aromatic N) is 2. The van der Waals surface area contributed by atoms with Crippen molar-refractivity contribution in [1.82, 2.24) is 4.57 Å². The number of carbonyl (C=O) groups excluding carboxylic acids is 1. The van der Waals surface area contributed by atoms with E-state index in [1.807, 2.05) is 60.7 Å². The fourth-order valence-electron chi connectivity index (χ4n) is 4.62. The van der Waals surface area contributed by atoms with Gasteiger partial charge in [0.2, 0.25) is 0 Å². The maximum Gasteiger partial charge on any atom is 0.338 e. The largest absolute Gasteiger partial charge is 0.490 e. The van der Waals surface area contributed by atoms with Crippen LogP contribution in [0, 0.1) is 0 Å². The lowest BCUT2D eigenvalue weighted by atomic mass is 9.96. The van der Waals surface area contributed by atoms with E-state index in [-0.39, 0.29) is 12.2 Å². The van der Waals surface area contributed by atoms with E-state index in [1.54, 1.807) is 42.7 Å². The molecule has 3 aromatic carbocycles. The van der Waals surface area contributed by atoms with Gasteiger partial charge in [-0.3, -0.25) is 9.36 Å². The Kier molecular flexibility index (Phi) is 9.05. The first-order valence-electron chi connectivity index (χ1n) is 13.4. The second kappa shape index (κ2) is 13.1. The molecule has 1 atom stereocenters. The highest BCUT2D eigenvalue weighted by atomic mass is 35.5. The van der Waals surface area contributed by atoms with Crippen LogP contribution in [0.1, 0.15) is 36.6 Å². The topological polar surface area (TPSA) is 79.1 Å². The molecule has 214 valence electrons. The number of hydrogen-bond donors (Lipinski definition) is 0. The Hall–Kier alpha value is -4.40. The van der Waals surface area contributed by atoms with Crippen LogP contribution in [0.4, 0.5) is 0 Å². The first kappa shape index (κ1) is 29.1. The van der Waals surface area contributed by atoms with E-state index in [0.717, 1.165) is 16.7 Å². The number of ether oxygens (including phenoxy) is 3. The number of halogens is 1. The lowest BCUT2D eigenvalue weighted by Gasteiger charge is -2.24. The first-order valence-corrected chi connectivity index (χ1v) is 14.6. The Morgan fingerprint density at radius 2 is 1.81 bits per heavy atom. The van der Waals surface area contributed by atoms with Crippen molar-refractivity contribution in [3.8, 4) is 11.5 Å². The maximum atomic E-state index is 14.0. The van der Waals surface area contributed by atoms with Crippen LogP contribution in [0.15, 0.2) is 107 Å². The number of hydrogen-bond acceptors (Lipinski definition) is 7. The lowest BCUT2D eigenvalue weighted by Crippen LogP contribution is -2.39. The van der Waals surface area contributed by atoms with Crippen LogP contribution in [-0.4, -0.2) is 23.8 Å². The molecule has 0 spiro atoms. The number of benzene rings is 3. The zero-order valence-corrected chi connectivity index (χ0v) is 24.8. The number of thiazole rings is 1. The fourth-order valence-corrected chi connectivity index (χ4v) is 5.79. The second-order valence-electron chi connectivity index (χ2n) is 9.42. The molecule has 1 aromatic heterocycles. The molecule has 42 heavy (non-hydrogen) atoms. The standard InChI is InChI=1S/C33H29ClN2O5S/c1-4-18-40-26-16-12-23(13-17-26)30-29(32(38)39-5-2)21(3)35-33-36(30)31(37)28(42-33)19-24-8-6-7-9-27(24)41-20-22-10-14-25(34)15-11-22/h4,6-17,19,30H,1,5,18,20H2,2-3H3/b28-19+/t30-/m0/s1. The molecule has 0 bridgehead atoms. The molecular formula is C33H29ClN2O5S. The molecule has 9 heteroatoms. The quantitative estimate of drug-likeness (QED) is 0.175. The predicted molar refractivity (Wildman–Crippen MR) is 165 cm³/mol. The average Bonchev–Trinajstić information content (AvgIpc) is 3.30. The minimum atomic E-state index is -0.715. The Labute approximate surface area is 252 Å². The molecule has 2 heterocycles. The van der Waals surface area contributed by atoms with Gasteiger partial charge in [-0.15, -0.1) is 0 Å². The molecule has 0 fully saturated rings. The van der Waals surface area contributed by atoms with Crippen LogP contribution in [0.3, 0.4) is 0 Å². The minimum Gasteiger partial charge on any atom is -0.490 e. The fraction of sp³-hybridized carbons (Fsp3) is 0.182. The molecule has 0 N–H and O–H groups in total. The third kappa shape index (κ3) is 6.25. The maximum absolute atomic E-state index is 14.0. The number of aromatic nitrogens is 1. The monoisotopic (exact) mass is 600 g/mol. The van der Waals surface area contributed by atoms with Gasteiger partial charge in [0, 0.05) is 10.6 Å². The summed E-state index contributed by atoms with van der Waals surface area (Å²) in [7, 11) is 0.